The number of aromatic carboxylic acids is 1. The number of carbonyl (C=O) groups excluding carboxylic acids is 1. The smallest absolute Gasteiger partial charge is 0.349 e. The summed E-state index contributed by atoms with van der Waals surface area (Å²) < 4.78 is 38.7. The number of halogens is 1. The first-order valence-electron chi connectivity index (χ1n) is 13.1. The maximum Gasteiger partial charge on any atom is 0.349 e. The lowest BCUT2D eigenvalue weighted by Crippen LogP contribution is -2.39. The third kappa shape index (κ3) is 7.88. The van der Waals surface area contributed by atoms with E-state index in [1.165, 1.54) is 0 Å². The molecular weight excluding hydrogens is 632 g/mol. The lowest BCUT2D eigenvalue weighted by atomic mass is 9.98. The number of carbonyl (C=O) groups is 2. The minimum absolute atomic E-state index is 0.0222. The van der Waals surface area contributed by atoms with Gasteiger partial charge >= 0.3 is 11.9 Å². The maximum atomic E-state index is 12.9. The number of carboxylic acids is 1. The number of benzene rings is 2. The summed E-state index contributed by atoms with van der Waals surface area (Å²) in [5, 5.41) is 13.2. The van der Waals surface area contributed by atoms with Crippen molar-refractivity contribution in [1.82, 2.24) is 4.31 Å². The summed E-state index contributed by atoms with van der Waals surface area (Å²) in [7, 11) is -3.49. The van der Waals surface area contributed by atoms with Crippen LogP contribution in [-0.2, 0) is 19.6 Å². The van der Waals surface area contributed by atoms with Gasteiger partial charge in [0.2, 0.25) is 10.0 Å². The van der Waals surface area contributed by atoms with Gasteiger partial charge in [0.15, 0.2) is 17.2 Å². The molecule has 9 nitrogen and oxygen atoms in total. The van der Waals surface area contributed by atoms with Crippen molar-refractivity contribution in [3.63, 3.8) is 0 Å². The zero-order valence-corrected chi connectivity index (χ0v) is 26.3. The molecule has 0 saturated carbocycles. The Morgan fingerprint density at radius 1 is 1.10 bits per heavy atom. The number of nitrogens with one attached hydrogen (secondary N) is 1. The minimum atomic E-state index is -3.49. The highest BCUT2D eigenvalue weighted by atomic mass is 79.9. The van der Waals surface area contributed by atoms with Gasteiger partial charge in [-0.3, -0.25) is 0 Å². The molecular formula is C29H33BrN2O7S2. The molecule has 4 rings (SSSR count). The number of sulfonamides is 1. The van der Waals surface area contributed by atoms with Crippen LogP contribution < -0.4 is 10.1 Å². The molecule has 0 atom stereocenters. The highest BCUT2D eigenvalue weighted by molar-refractivity contribution is 9.10. The van der Waals surface area contributed by atoms with Crippen LogP contribution >= 0.6 is 27.3 Å². The molecule has 12 heteroatoms. The van der Waals surface area contributed by atoms with Crippen LogP contribution in [-0.4, -0.2) is 61.6 Å². The predicted octanol–water partition coefficient (Wildman–Crippen LogP) is 6.11. The van der Waals surface area contributed by atoms with Crippen LogP contribution in [0.1, 0.15) is 43.3 Å². The highest BCUT2D eigenvalue weighted by Crippen LogP contribution is 2.46. The molecule has 1 aromatic heterocycles. The number of anilines is 1. The summed E-state index contributed by atoms with van der Waals surface area (Å²) in [5.74, 6) is -1.36. The number of hydrogen-bond donors (Lipinski definition) is 2. The van der Waals surface area contributed by atoms with Gasteiger partial charge in [-0.1, -0.05) is 30.3 Å². The topological polar surface area (TPSA) is 122 Å². The summed E-state index contributed by atoms with van der Waals surface area (Å²) in [5.41, 5.74) is 0.956. The van der Waals surface area contributed by atoms with Gasteiger partial charge in [0.1, 0.15) is 5.60 Å². The standard InChI is InChI=1S/C29H33BrN2O7S2/c1-29(2,3)39-23(33)18-38-25-24(30)26(40-27(25)28(34)35)20-8-7-9-21(16-20)31-17-19-12-14-32(15-13-19)41(36,37)22-10-5-4-6-11-22/h4-11,16,19,31H,12-15,17-18H2,1-3H3,(H,34,35). The van der Waals surface area contributed by atoms with Crippen molar-refractivity contribution < 1.29 is 32.6 Å². The van der Waals surface area contributed by atoms with E-state index >= 15 is 0 Å². The van der Waals surface area contributed by atoms with Crippen LogP contribution in [0.25, 0.3) is 10.4 Å². The summed E-state index contributed by atoms with van der Waals surface area (Å²) in [6.45, 7) is 6.43. The molecule has 0 amide bonds. The minimum Gasteiger partial charge on any atom is -0.479 e. The van der Waals surface area contributed by atoms with E-state index in [2.05, 4.69) is 21.2 Å². The first-order valence-corrected chi connectivity index (χ1v) is 16.2. The number of thiophene rings is 1. The van der Waals surface area contributed by atoms with Gasteiger partial charge in [0.25, 0.3) is 0 Å². The number of piperidine rings is 1. The van der Waals surface area contributed by atoms with Gasteiger partial charge < -0.3 is 19.9 Å². The molecule has 1 fully saturated rings. The Kier molecular flexibility index (Phi) is 9.78. The Morgan fingerprint density at radius 3 is 2.41 bits per heavy atom. The second-order valence-electron chi connectivity index (χ2n) is 10.7. The van der Waals surface area contributed by atoms with E-state index in [0.29, 0.717) is 39.8 Å². The molecule has 2 heterocycles. The first kappa shape index (κ1) is 31.0. The monoisotopic (exact) mass is 664 g/mol. The molecule has 3 aromatic rings. The predicted molar refractivity (Wildman–Crippen MR) is 162 cm³/mol. The van der Waals surface area contributed by atoms with Crippen LogP contribution in [0.15, 0.2) is 64.0 Å². The van der Waals surface area contributed by atoms with Crippen molar-refractivity contribution in [1.29, 1.82) is 0 Å². The number of ether oxygens (including phenoxy) is 2. The second-order valence-corrected chi connectivity index (χ2v) is 14.5. The van der Waals surface area contributed by atoms with E-state index in [4.69, 9.17) is 9.47 Å². The van der Waals surface area contributed by atoms with Crippen molar-refractivity contribution in [3.05, 3.63) is 63.9 Å². The Labute approximate surface area is 252 Å². The van der Waals surface area contributed by atoms with E-state index in [1.54, 1.807) is 55.4 Å². The third-order valence-corrected chi connectivity index (χ3v) is 10.6. The van der Waals surface area contributed by atoms with Gasteiger partial charge in [0.05, 0.1) is 14.2 Å². The summed E-state index contributed by atoms with van der Waals surface area (Å²) in [6.07, 6.45) is 1.49. The Balaban J connectivity index is 1.40. The van der Waals surface area contributed by atoms with Gasteiger partial charge in [-0.05, 0) is 85.3 Å². The van der Waals surface area contributed by atoms with Crippen LogP contribution in [0.4, 0.5) is 5.69 Å². The molecule has 0 bridgehead atoms. The maximum absolute atomic E-state index is 12.9. The molecule has 220 valence electrons. The Hall–Kier alpha value is -2.93. The summed E-state index contributed by atoms with van der Waals surface area (Å²) >= 11 is 4.53. The SMILES string of the molecule is CC(C)(C)OC(=O)COc1c(C(=O)O)sc(-c2cccc(NCC3CCN(S(=O)(=O)c4ccccc4)CC3)c2)c1Br. The third-order valence-electron chi connectivity index (χ3n) is 6.43. The van der Waals surface area contributed by atoms with E-state index in [1.807, 2.05) is 24.3 Å². The number of carboxylic acid groups (broad SMARTS) is 1. The molecule has 1 aliphatic rings. The summed E-state index contributed by atoms with van der Waals surface area (Å²) in [4.78, 5) is 25.0. The average Bonchev–Trinajstić information content (AvgIpc) is 3.27. The molecule has 2 aromatic carbocycles. The van der Waals surface area contributed by atoms with Crippen molar-refractivity contribution >= 4 is 54.9 Å². The van der Waals surface area contributed by atoms with Gasteiger partial charge in [-0.15, -0.1) is 11.3 Å². The van der Waals surface area contributed by atoms with Gasteiger partial charge in [0, 0.05) is 25.3 Å². The normalized spacial score (nSPS) is 14.9. The van der Waals surface area contributed by atoms with Crippen LogP contribution in [0.3, 0.4) is 0 Å². The second kappa shape index (κ2) is 12.9. The molecule has 0 unspecified atom stereocenters. The highest BCUT2D eigenvalue weighted by Gasteiger charge is 2.29. The number of nitrogens with zero attached hydrogens (tertiary/aromatic N) is 1. The molecule has 1 aliphatic heterocycles. The van der Waals surface area contributed by atoms with Gasteiger partial charge in [-0.2, -0.15) is 4.31 Å². The van der Waals surface area contributed by atoms with Crippen LogP contribution in [0, 0.1) is 5.92 Å². The molecule has 1 saturated heterocycles. The zero-order chi connectivity index (χ0) is 29.8. The van der Waals surface area contributed by atoms with Crippen LogP contribution in [0.2, 0.25) is 0 Å². The lowest BCUT2D eigenvalue weighted by molar-refractivity contribution is -0.157. The van der Waals surface area contributed by atoms with Crippen LogP contribution in [0.5, 0.6) is 5.75 Å². The van der Waals surface area contributed by atoms with Crippen molar-refractivity contribution in [2.75, 3.05) is 31.6 Å². The largest absolute Gasteiger partial charge is 0.479 e. The van der Waals surface area contributed by atoms with E-state index in [0.717, 1.165) is 35.4 Å². The van der Waals surface area contributed by atoms with Crippen molar-refractivity contribution in [3.8, 4) is 16.2 Å². The molecule has 2 N–H and O–H groups in total. The fourth-order valence-corrected chi connectivity index (χ4v) is 7.86. The average molecular weight is 666 g/mol. The number of rotatable bonds is 10. The fraction of sp³-hybridized carbons (Fsp3) is 0.379. The Bertz CT molecular complexity index is 1490. The zero-order valence-electron chi connectivity index (χ0n) is 23.1. The molecule has 0 spiro atoms. The quantitative estimate of drug-likeness (QED) is 0.249. The fourth-order valence-electron chi connectivity index (χ4n) is 4.48. The molecule has 0 radical (unpaired) electrons. The Morgan fingerprint density at radius 2 is 1.78 bits per heavy atom. The van der Waals surface area contributed by atoms with Crippen molar-refractivity contribution in [2.24, 2.45) is 5.92 Å². The van der Waals surface area contributed by atoms with Crippen molar-refractivity contribution in [2.45, 2.75) is 44.1 Å². The molecule has 41 heavy (non-hydrogen) atoms. The van der Waals surface area contributed by atoms with E-state index in [9.17, 15) is 23.1 Å². The number of esters is 1. The summed E-state index contributed by atoms with van der Waals surface area (Å²) in [6, 6.07) is 16.1. The van der Waals surface area contributed by atoms with E-state index < -0.39 is 34.2 Å². The number of hydrogen-bond acceptors (Lipinski definition) is 8. The first-order chi connectivity index (χ1) is 19.3. The van der Waals surface area contributed by atoms with E-state index in [-0.39, 0.29) is 10.6 Å². The molecule has 0 aliphatic carbocycles. The lowest BCUT2D eigenvalue weighted by Gasteiger charge is -2.31. The van der Waals surface area contributed by atoms with Gasteiger partial charge in [-0.25, -0.2) is 18.0 Å².